The third-order valence-corrected chi connectivity index (χ3v) is 4.51. The Bertz CT molecular complexity index is 798. The Labute approximate surface area is 128 Å². The molecule has 6 heteroatoms. The number of H-pyrrole nitrogens is 1. The first-order valence-electron chi connectivity index (χ1n) is 7.69. The van der Waals surface area contributed by atoms with Crippen molar-refractivity contribution in [2.24, 2.45) is 0 Å². The van der Waals surface area contributed by atoms with Gasteiger partial charge in [0.05, 0.1) is 10.9 Å². The minimum Gasteiger partial charge on any atom is -0.508 e. The van der Waals surface area contributed by atoms with Crippen LogP contribution in [0.15, 0.2) is 27.8 Å². The SMILES string of the molecule is CC(C)N1CCC(n2c(=O)[nH]c3cc(O)ccc3c2=O)CC1. The fraction of sp³-hybridized carbons (Fsp3) is 0.500. The summed E-state index contributed by atoms with van der Waals surface area (Å²) in [5.74, 6) is 0.0329. The van der Waals surface area contributed by atoms with Crippen LogP contribution in [0, 0.1) is 0 Å². The summed E-state index contributed by atoms with van der Waals surface area (Å²) >= 11 is 0. The lowest BCUT2D eigenvalue weighted by Gasteiger charge is -2.34. The first-order valence-corrected chi connectivity index (χ1v) is 7.69. The largest absolute Gasteiger partial charge is 0.508 e. The molecule has 22 heavy (non-hydrogen) atoms. The van der Waals surface area contributed by atoms with Crippen molar-refractivity contribution in [3.63, 3.8) is 0 Å². The van der Waals surface area contributed by atoms with Crippen molar-refractivity contribution in [2.75, 3.05) is 13.1 Å². The molecule has 0 amide bonds. The number of nitrogens with one attached hydrogen (secondary N) is 1. The van der Waals surface area contributed by atoms with Crippen LogP contribution >= 0.6 is 0 Å². The van der Waals surface area contributed by atoms with Crippen molar-refractivity contribution in [3.05, 3.63) is 39.0 Å². The third kappa shape index (κ3) is 2.54. The van der Waals surface area contributed by atoms with E-state index in [-0.39, 0.29) is 17.4 Å². The maximum absolute atomic E-state index is 12.6. The van der Waals surface area contributed by atoms with Gasteiger partial charge in [0.25, 0.3) is 5.56 Å². The van der Waals surface area contributed by atoms with E-state index in [0.29, 0.717) is 16.9 Å². The second-order valence-corrected chi connectivity index (χ2v) is 6.20. The van der Waals surface area contributed by atoms with Crippen LogP contribution in [-0.4, -0.2) is 38.7 Å². The van der Waals surface area contributed by atoms with E-state index in [1.54, 1.807) is 6.07 Å². The van der Waals surface area contributed by atoms with Crippen LogP contribution in [0.1, 0.15) is 32.7 Å². The van der Waals surface area contributed by atoms with Gasteiger partial charge in [-0.25, -0.2) is 4.79 Å². The number of phenols is 1. The molecule has 2 heterocycles. The molecule has 1 aliphatic rings. The maximum atomic E-state index is 12.6. The molecular formula is C16H21N3O3. The van der Waals surface area contributed by atoms with Gasteiger partial charge in [0.15, 0.2) is 0 Å². The lowest BCUT2D eigenvalue weighted by atomic mass is 10.0. The van der Waals surface area contributed by atoms with Gasteiger partial charge >= 0.3 is 5.69 Å². The summed E-state index contributed by atoms with van der Waals surface area (Å²) in [6.45, 7) is 6.09. The van der Waals surface area contributed by atoms with E-state index in [1.807, 2.05) is 0 Å². The second kappa shape index (κ2) is 5.61. The highest BCUT2D eigenvalue weighted by Crippen LogP contribution is 2.22. The van der Waals surface area contributed by atoms with Crippen LogP contribution in [0.25, 0.3) is 10.9 Å². The number of aromatic nitrogens is 2. The van der Waals surface area contributed by atoms with E-state index in [2.05, 4.69) is 23.7 Å². The number of phenolic OH excluding ortho intramolecular Hbond substituents is 1. The van der Waals surface area contributed by atoms with Crippen LogP contribution in [0.4, 0.5) is 0 Å². The van der Waals surface area contributed by atoms with Gasteiger partial charge in [-0.15, -0.1) is 0 Å². The predicted octanol–water partition coefficient (Wildman–Crippen LogP) is 1.44. The minimum absolute atomic E-state index is 0.0329. The number of aromatic hydroxyl groups is 1. The molecule has 0 atom stereocenters. The highest BCUT2D eigenvalue weighted by Gasteiger charge is 2.24. The third-order valence-electron chi connectivity index (χ3n) is 4.51. The molecule has 118 valence electrons. The summed E-state index contributed by atoms with van der Waals surface area (Å²) in [5.41, 5.74) is -0.293. The van der Waals surface area contributed by atoms with E-state index in [9.17, 15) is 14.7 Å². The van der Waals surface area contributed by atoms with Crippen LogP contribution in [0.2, 0.25) is 0 Å². The van der Waals surface area contributed by atoms with E-state index in [0.717, 1.165) is 25.9 Å². The van der Waals surface area contributed by atoms with Crippen LogP contribution in [-0.2, 0) is 0 Å². The molecule has 3 rings (SSSR count). The van der Waals surface area contributed by atoms with Crippen molar-refractivity contribution < 1.29 is 5.11 Å². The van der Waals surface area contributed by atoms with Crippen molar-refractivity contribution in [2.45, 2.75) is 38.8 Å². The zero-order valence-electron chi connectivity index (χ0n) is 12.9. The van der Waals surface area contributed by atoms with Crippen molar-refractivity contribution in [1.29, 1.82) is 0 Å². The summed E-state index contributed by atoms with van der Waals surface area (Å²) in [6.07, 6.45) is 1.59. The number of piperidine rings is 1. The standard InChI is InChI=1S/C16H21N3O3/c1-10(2)18-7-5-11(6-8-18)19-15(21)13-4-3-12(20)9-14(13)17-16(19)22/h3-4,9-11,20H,5-8H2,1-2H3,(H,17,22). The maximum Gasteiger partial charge on any atom is 0.329 e. The highest BCUT2D eigenvalue weighted by molar-refractivity contribution is 5.78. The van der Waals surface area contributed by atoms with Crippen molar-refractivity contribution >= 4 is 10.9 Å². The van der Waals surface area contributed by atoms with Gasteiger partial charge in [-0.2, -0.15) is 0 Å². The quantitative estimate of drug-likeness (QED) is 0.880. The number of hydrogen-bond acceptors (Lipinski definition) is 4. The molecule has 0 radical (unpaired) electrons. The summed E-state index contributed by atoms with van der Waals surface area (Å²) in [7, 11) is 0. The first kappa shape index (κ1) is 14.8. The molecule has 1 fully saturated rings. The van der Waals surface area contributed by atoms with Crippen LogP contribution in [0.5, 0.6) is 5.75 Å². The smallest absolute Gasteiger partial charge is 0.329 e. The number of hydrogen-bond donors (Lipinski definition) is 2. The molecule has 0 aliphatic carbocycles. The topological polar surface area (TPSA) is 78.3 Å². The lowest BCUT2D eigenvalue weighted by Crippen LogP contribution is -2.45. The van der Waals surface area contributed by atoms with Crippen molar-refractivity contribution in [1.82, 2.24) is 14.5 Å². The van der Waals surface area contributed by atoms with Gasteiger partial charge in [0.2, 0.25) is 0 Å². The van der Waals surface area contributed by atoms with Gasteiger partial charge in [-0.1, -0.05) is 0 Å². The average Bonchev–Trinajstić information content (AvgIpc) is 2.47. The van der Waals surface area contributed by atoms with Crippen LogP contribution < -0.4 is 11.2 Å². The van der Waals surface area contributed by atoms with Crippen LogP contribution in [0.3, 0.4) is 0 Å². The predicted molar refractivity (Wildman–Crippen MR) is 85.5 cm³/mol. The van der Waals surface area contributed by atoms with Gasteiger partial charge in [-0.05, 0) is 38.8 Å². The number of benzene rings is 1. The van der Waals surface area contributed by atoms with E-state index in [1.165, 1.54) is 16.7 Å². The zero-order chi connectivity index (χ0) is 15.9. The zero-order valence-corrected chi connectivity index (χ0v) is 12.9. The summed E-state index contributed by atoms with van der Waals surface area (Å²) in [4.78, 5) is 30.0. The summed E-state index contributed by atoms with van der Waals surface area (Å²) in [5, 5.41) is 9.91. The van der Waals surface area contributed by atoms with E-state index < -0.39 is 5.69 Å². The average molecular weight is 303 g/mol. The second-order valence-electron chi connectivity index (χ2n) is 6.20. The van der Waals surface area contributed by atoms with Gasteiger partial charge in [0, 0.05) is 31.2 Å². The Balaban J connectivity index is 2.00. The number of likely N-dealkylation sites (tertiary alicyclic amines) is 1. The molecule has 0 bridgehead atoms. The Kier molecular flexibility index (Phi) is 3.78. The molecule has 1 aromatic heterocycles. The monoisotopic (exact) mass is 303 g/mol. The Morgan fingerprint density at radius 1 is 1.23 bits per heavy atom. The number of rotatable bonds is 2. The number of nitrogens with zero attached hydrogens (tertiary/aromatic N) is 2. The van der Waals surface area contributed by atoms with Crippen molar-refractivity contribution in [3.8, 4) is 5.75 Å². The molecule has 1 aliphatic heterocycles. The van der Waals surface area contributed by atoms with Gasteiger partial charge in [0.1, 0.15) is 5.75 Å². The number of aromatic amines is 1. The Morgan fingerprint density at radius 2 is 1.91 bits per heavy atom. The molecule has 0 spiro atoms. The molecule has 6 nitrogen and oxygen atoms in total. The molecule has 1 aromatic carbocycles. The molecule has 0 saturated carbocycles. The first-order chi connectivity index (χ1) is 10.5. The fourth-order valence-corrected chi connectivity index (χ4v) is 3.21. The lowest BCUT2D eigenvalue weighted by molar-refractivity contribution is 0.149. The molecule has 1 saturated heterocycles. The molecule has 2 N–H and O–H groups in total. The summed E-state index contributed by atoms with van der Waals surface area (Å²) in [6, 6.07) is 4.85. The fourth-order valence-electron chi connectivity index (χ4n) is 3.21. The molecule has 0 unspecified atom stereocenters. The molecule has 2 aromatic rings. The molecular weight excluding hydrogens is 282 g/mol. The Hall–Kier alpha value is -2.08. The van der Waals surface area contributed by atoms with Gasteiger partial charge < -0.3 is 15.0 Å². The van der Waals surface area contributed by atoms with E-state index >= 15 is 0 Å². The number of fused-ring (bicyclic) bond motifs is 1. The van der Waals surface area contributed by atoms with E-state index in [4.69, 9.17) is 0 Å². The summed E-state index contributed by atoms with van der Waals surface area (Å²) < 4.78 is 1.34. The highest BCUT2D eigenvalue weighted by atomic mass is 16.3. The Morgan fingerprint density at radius 3 is 2.55 bits per heavy atom. The minimum atomic E-state index is -0.397. The van der Waals surface area contributed by atoms with Gasteiger partial charge in [-0.3, -0.25) is 9.36 Å². The normalized spacial score (nSPS) is 17.4.